The number of carboxylic acids is 1. The van der Waals surface area contributed by atoms with Gasteiger partial charge in [0.1, 0.15) is 6.10 Å². The van der Waals surface area contributed by atoms with E-state index in [9.17, 15) is 14.7 Å². The second kappa shape index (κ2) is 12.7. The number of carboxylic acid groups (broad SMARTS) is 1. The number of ether oxygens (including phenoxy) is 1. The molecule has 7 aliphatic rings. The molecular weight excluding hydrogens is 635 g/mol. The van der Waals surface area contributed by atoms with Crippen molar-refractivity contribution >= 4 is 11.9 Å². The molecule has 0 aromatic rings. The quantitative estimate of drug-likeness (QED) is 0.148. The van der Waals surface area contributed by atoms with Crippen LogP contribution in [0.15, 0.2) is 0 Å². The molecule has 7 nitrogen and oxygen atoms in total. The third-order valence-corrected chi connectivity index (χ3v) is 18.9. The molecule has 7 fully saturated rings. The van der Waals surface area contributed by atoms with E-state index < -0.39 is 17.3 Å². The number of nitrogens with one attached hydrogen (secondary N) is 2. The molecule has 7 rings (SSSR count). The van der Waals surface area contributed by atoms with Gasteiger partial charge in [0.25, 0.3) is 0 Å². The molecule has 3 N–H and O–H groups in total. The molecule has 0 radical (unpaired) electrons. The van der Waals surface area contributed by atoms with Crippen LogP contribution in [0.25, 0.3) is 0 Å². The maximum absolute atomic E-state index is 13.6. The second-order valence-corrected chi connectivity index (χ2v) is 21.9. The first-order valence-corrected chi connectivity index (χ1v) is 21.3. The van der Waals surface area contributed by atoms with E-state index >= 15 is 0 Å². The van der Waals surface area contributed by atoms with Gasteiger partial charge in [-0.15, -0.1) is 0 Å². The molecule has 0 spiro atoms. The Morgan fingerprint density at radius 1 is 0.706 bits per heavy atom. The van der Waals surface area contributed by atoms with Crippen LogP contribution < -0.4 is 10.6 Å². The minimum Gasteiger partial charge on any atom is -0.481 e. The largest absolute Gasteiger partial charge is 0.481 e. The van der Waals surface area contributed by atoms with Gasteiger partial charge in [0.2, 0.25) is 0 Å². The fraction of sp³-hybridized carbons (Fsp3) is 0.955. The number of carbonyl (C=O) groups is 2. The predicted octanol–water partition coefficient (Wildman–Crippen LogP) is 8.02. The van der Waals surface area contributed by atoms with Crippen molar-refractivity contribution in [3.8, 4) is 0 Å². The predicted molar refractivity (Wildman–Crippen MR) is 204 cm³/mol. The molecule has 0 aromatic heterocycles. The van der Waals surface area contributed by atoms with Gasteiger partial charge >= 0.3 is 11.9 Å². The molecule has 7 heteroatoms. The van der Waals surface area contributed by atoms with Gasteiger partial charge in [0, 0.05) is 37.1 Å². The van der Waals surface area contributed by atoms with Gasteiger partial charge in [-0.1, -0.05) is 55.4 Å². The Hall–Kier alpha value is -1.18. The van der Waals surface area contributed by atoms with Crippen LogP contribution >= 0.6 is 0 Å². The Balaban J connectivity index is 1.09. The van der Waals surface area contributed by atoms with Crippen LogP contribution in [0.3, 0.4) is 0 Å². The Labute approximate surface area is 310 Å². The summed E-state index contributed by atoms with van der Waals surface area (Å²) in [4.78, 5) is 27.6. The number of likely N-dealkylation sites (N-methyl/N-ethyl adjacent to an activating group) is 1. The summed E-state index contributed by atoms with van der Waals surface area (Å²) in [5.74, 6) is 1.91. The van der Waals surface area contributed by atoms with E-state index in [0.29, 0.717) is 40.0 Å². The first-order valence-electron chi connectivity index (χ1n) is 21.3. The number of rotatable bonds is 11. The summed E-state index contributed by atoms with van der Waals surface area (Å²) < 4.78 is 6.46. The Bertz CT molecular complexity index is 1360. The highest BCUT2D eigenvalue weighted by molar-refractivity contribution is 5.81. The zero-order valence-corrected chi connectivity index (χ0v) is 34.3. The molecule has 51 heavy (non-hydrogen) atoms. The number of esters is 1. The normalized spacial score (nSPS) is 47.3. The molecule has 0 aliphatic heterocycles. The van der Waals surface area contributed by atoms with Gasteiger partial charge in [0.15, 0.2) is 0 Å². The molecule has 0 bridgehead atoms. The molecule has 0 saturated heterocycles. The number of aliphatic carboxylic acids is 1. The first-order chi connectivity index (χ1) is 23.8. The standard InChI is InChI=1S/C44H75N3O4/c1-38(2)30(36(48)49)27-31(38)37(50)51-34-15-16-41(6)32(39(34,3)4)14-17-43(8)33(41)12-11-29-35-28(40(5)19-20-40)13-18-44(35,22-21-42(29,43)7)46-24-23-45-25-26-47(9)10/h28-35,45-46H,11-27H2,1-10H3,(H,48,49)/t28?,29-,30+,31-,32+,33-,34+,35-,41+,42-,43-,44+/m1/s1. The van der Waals surface area contributed by atoms with E-state index in [2.05, 4.69) is 71.2 Å². The second-order valence-electron chi connectivity index (χ2n) is 21.9. The Morgan fingerprint density at radius 3 is 2.08 bits per heavy atom. The average molecular weight is 710 g/mol. The number of hydrogen-bond donors (Lipinski definition) is 3. The fourth-order valence-corrected chi connectivity index (χ4v) is 15.2. The smallest absolute Gasteiger partial charge is 0.309 e. The average Bonchev–Trinajstić information content (AvgIpc) is 3.66. The Morgan fingerprint density at radius 2 is 1.43 bits per heavy atom. The van der Waals surface area contributed by atoms with Crippen molar-refractivity contribution in [3.63, 3.8) is 0 Å². The van der Waals surface area contributed by atoms with Crippen molar-refractivity contribution in [2.75, 3.05) is 40.3 Å². The molecular formula is C44H75N3O4. The van der Waals surface area contributed by atoms with Crippen LogP contribution in [-0.2, 0) is 14.3 Å². The van der Waals surface area contributed by atoms with Crippen molar-refractivity contribution in [1.29, 1.82) is 0 Å². The highest BCUT2D eigenvalue weighted by atomic mass is 16.5. The molecule has 12 atom stereocenters. The van der Waals surface area contributed by atoms with Crippen LogP contribution in [0.5, 0.6) is 0 Å². The van der Waals surface area contributed by atoms with E-state index in [0.717, 1.165) is 56.8 Å². The number of nitrogens with zero attached hydrogens (tertiary/aromatic N) is 1. The lowest BCUT2D eigenvalue weighted by molar-refractivity contribution is -0.249. The van der Waals surface area contributed by atoms with Crippen molar-refractivity contribution in [3.05, 3.63) is 0 Å². The first kappa shape index (κ1) is 38.1. The molecule has 1 unspecified atom stereocenters. The maximum Gasteiger partial charge on any atom is 0.309 e. The van der Waals surface area contributed by atoms with Crippen LogP contribution in [0.2, 0.25) is 0 Å². The molecule has 0 aromatic carbocycles. The van der Waals surface area contributed by atoms with Crippen LogP contribution in [0.1, 0.15) is 139 Å². The highest BCUT2D eigenvalue weighted by Crippen LogP contribution is 2.78. The van der Waals surface area contributed by atoms with E-state index in [1.807, 2.05) is 13.8 Å². The monoisotopic (exact) mass is 710 g/mol. The van der Waals surface area contributed by atoms with Gasteiger partial charge in [-0.25, -0.2) is 0 Å². The zero-order chi connectivity index (χ0) is 37.0. The van der Waals surface area contributed by atoms with Crippen molar-refractivity contribution in [2.24, 2.45) is 73.9 Å². The van der Waals surface area contributed by atoms with E-state index in [4.69, 9.17) is 4.74 Å². The van der Waals surface area contributed by atoms with Crippen molar-refractivity contribution in [2.45, 2.75) is 151 Å². The van der Waals surface area contributed by atoms with E-state index in [-0.39, 0.29) is 28.8 Å². The summed E-state index contributed by atoms with van der Waals surface area (Å²) in [6, 6.07) is 0. The summed E-state index contributed by atoms with van der Waals surface area (Å²) in [7, 11) is 4.31. The molecule has 7 saturated carbocycles. The van der Waals surface area contributed by atoms with Gasteiger partial charge < -0.3 is 25.4 Å². The lowest BCUT2D eigenvalue weighted by Gasteiger charge is -2.73. The summed E-state index contributed by atoms with van der Waals surface area (Å²) in [6.45, 7) is 23.7. The van der Waals surface area contributed by atoms with Gasteiger partial charge in [0.05, 0.1) is 11.8 Å². The van der Waals surface area contributed by atoms with Crippen LogP contribution in [-0.4, -0.2) is 73.9 Å². The highest BCUT2D eigenvalue weighted by Gasteiger charge is 2.72. The number of fused-ring (bicyclic) bond motifs is 7. The van der Waals surface area contributed by atoms with Crippen molar-refractivity contribution < 1.29 is 19.4 Å². The lowest BCUT2D eigenvalue weighted by atomic mass is 9.32. The summed E-state index contributed by atoms with van der Waals surface area (Å²) >= 11 is 0. The zero-order valence-electron chi connectivity index (χ0n) is 34.3. The van der Waals surface area contributed by atoms with E-state index in [1.165, 1.54) is 64.2 Å². The van der Waals surface area contributed by atoms with Gasteiger partial charge in [-0.2, -0.15) is 0 Å². The Kier molecular flexibility index (Phi) is 9.48. The topological polar surface area (TPSA) is 90.9 Å². The summed E-state index contributed by atoms with van der Waals surface area (Å²) in [5, 5.41) is 17.7. The van der Waals surface area contributed by atoms with Gasteiger partial charge in [-0.3, -0.25) is 9.59 Å². The molecule has 290 valence electrons. The third kappa shape index (κ3) is 5.72. The molecule has 0 heterocycles. The third-order valence-electron chi connectivity index (χ3n) is 18.9. The fourth-order valence-electron chi connectivity index (χ4n) is 15.2. The number of carbonyl (C=O) groups excluding carboxylic acids is 1. The van der Waals surface area contributed by atoms with Crippen LogP contribution in [0, 0.1) is 73.9 Å². The van der Waals surface area contributed by atoms with Crippen LogP contribution in [0.4, 0.5) is 0 Å². The van der Waals surface area contributed by atoms with Crippen molar-refractivity contribution in [1.82, 2.24) is 15.5 Å². The minimum absolute atomic E-state index is 0.101. The molecule has 7 aliphatic carbocycles. The SMILES string of the molecule is CN(C)CCNCCN[C@]12CCC(C3(C)CC3)[C@@H]1[C@H]1CC[C@@H]3[C@@]4(C)CC[C@H](OC(=O)[C@H]5C[C@@H](C(=O)O)C5(C)C)C(C)(C)[C@@H]4CC[C@@]3(C)[C@]1(C)CC2. The summed E-state index contributed by atoms with van der Waals surface area (Å²) in [5.41, 5.74) is 1.10. The summed E-state index contributed by atoms with van der Waals surface area (Å²) in [6.07, 6.45) is 15.9. The lowest BCUT2D eigenvalue weighted by Crippen LogP contribution is -2.69. The number of hydrogen-bond acceptors (Lipinski definition) is 6. The maximum atomic E-state index is 13.6. The van der Waals surface area contributed by atoms with E-state index in [1.54, 1.807) is 0 Å². The van der Waals surface area contributed by atoms with Gasteiger partial charge in [-0.05, 0) is 154 Å². The minimum atomic E-state index is -0.792. The molecule has 0 amide bonds.